The van der Waals surface area contributed by atoms with Gasteiger partial charge in [-0.2, -0.15) is 0 Å². The van der Waals surface area contributed by atoms with Crippen molar-refractivity contribution in [1.29, 1.82) is 0 Å². The molecule has 0 aromatic heterocycles. The Kier molecular flexibility index (Phi) is 2.53. The zero-order valence-corrected chi connectivity index (χ0v) is 7.66. The third-order valence-electron chi connectivity index (χ3n) is 2.01. The lowest BCUT2D eigenvalue weighted by molar-refractivity contribution is -0.123. The van der Waals surface area contributed by atoms with Crippen molar-refractivity contribution >= 4 is 5.91 Å². The third-order valence-corrected chi connectivity index (χ3v) is 2.01. The lowest BCUT2D eigenvalue weighted by Crippen LogP contribution is -2.43. The Hall–Kier alpha value is -1.25. The van der Waals surface area contributed by atoms with Gasteiger partial charge in [-0.1, -0.05) is 6.08 Å². The second-order valence-corrected chi connectivity index (χ2v) is 2.93. The molecule has 0 spiro atoms. The van der Waals surface area contributed by atoms with E-state index in [1.807, 2.05) is 37.2 Å². The summed E-state index contributed by atoms with van der Waals surface area (Å²) in [5.74, 6) is 0.0376. The van der Waals surface area contributed by atoms with E-state index in [0.717, 1.165) is 5.57 Å². The Bertz CT molecular complexity index is 243. The summed E-state index contributed by atoms with van der Waals surface area (Å²) in [7, 11) is 3.55. The number of rotatable bonds is 1. The maximum Gasteiger partial charge on any atom is 0.246 e. The smallest absolute Gasteiger partial charge is 0.246 e. The van der Waals surface area contributed by atoms with Crippen LogP contribution in [0.25, 0.3) is 0 Å². The molecule has 3 nitrogen and oxygen atoms in total. The highest BCUT2D eigenvalue weighted by Crippen LogP contribution is 2.13. The van der Waals surface area contributed by atoms with Crippen LogP contribution in [0.5, 0.6) is 0 Å². The SMILES string of the molecule is CNC(=O)C1C(C)=CC=CN1C. The van der Waals surface area contributed by atoms with Crippen molar-refractivity contribution in [2.75, 3.05) is 14.1 Å². The van der Waals surface area contributed by atoms with E-state index in [1.54, 1.807) is 7.05 Å². The lowest BCUT2D eigenvalue weighted by Gasteiger charge is -2.28. The zero-order chi connectivity index (χ0) is 9.14. The molecule has 66 valence electrons. The number of nitrogens with one attached hydrogen (secondary N) is 1. The molecule has 1 amide bonds. The summed E-state index contributed by atoms with van der Waals surface area (Å²) in [5.41, 5.74) is 1.07. The van der Waals surface area contributed by atoms with Crippen molar-refractivity contribution in [3.05, 3.63) is 23.9 Å². The number of nitrogens with zero attached hydrogens (tertiary/aromatic N) is 1. The number of hydrogen-bond donors (Lipinski definition) is 1. The molecule has 1 N–H and O–H groups in total. The molecule has 0 aliphatic carbocycles. The van der Waals surface area contributed by atoms with Gasteiger partial charge in [-0.15, -0.1) is 0 Å². The summed E-state index contributed by atoms with van der Waals surface area (Å²) in [6.07, 6.45) is 5.79. The van der Waals surface area contributed by atoms with E-state index in [9.17, 15) is 4.79 Å². The molecular formula is C9H14N2O. The molecular weight excluding hydrogens is 152 g/mol. The van der Waals surface area contributed by atoms with Crippen molar-refractivity contribution in [2.24, 2.45) is 0 Å². The average Bonchev–Trinajstić information content (AvgIpc) is 2.03. The summed E-state index contributed by atoms with van der Waals surface area (Å²) in [6.45, 7) is 1.96. The Morgan fingerprint density at radius 3 is 2.83 bits per heavy atom. The molecule has 12 heavy (non-hydrogen) atoms. The monoisotopic (exact) mass is 166 g/mol. The standard InChI is InChI=1S/C9H14N2O/c1-7-5-4-6-11(3)8(7)9(12)10-2/h4-6,8H,1-3H3,(H,10,12). The van der Waals surface area contributed by atoms with E-state index in [-0.39, 0.29) is 11.9 Å². The number of amides is 1. The summed E-state index contributed by atoms with van der Waals surface area (Å²) < 4.78 is 0. The molecule has 0 bridgehead atoms. The van der Waals surface area contributed by atoms with Gasteiger partial charge >= 0.3 is 0 Å². The van der Waals surface area contributed by atoms with Crippen LogP contribution >= 0.6 is 0 Å². The van der Waals surface area contributed by atoms with Crippen LogP contribution in [0.1, 0.15) is 6.92 Å². The highest BCUT2D eigenvalue weighted by Gasteiger charge is 2.22. The zero-order valence-electron chi connectivity index (χ0n) is 7.66. The first-order valence-electron chi connectivity index (χ1n) is 3.95. The molecule has 1 heterocycles. The minimum atomic E-state index is -0.139. The summed E-state index contributed by atoms with van der Waals surface area (Å²) >= 11 is 0. The molecule has 0 radical (unpaired) electrons. The van der Waals surface area contributed by atoms with Gasteiger partial charge in [0.05, 0.1) is 0 Å². The van der Waals surface area contributed by atoms with E-state index in [2.05, 4.69) is 5.32 Å². The second-order valence-electron chi connectivity index (χ2n) is 2.93. The number of hydrogen-bond acceptors (Lipinski definition) is 2. The Morgan fingerprint density at radius 1 is 1.67 bits per heavy atom. The fraction of sp³-hybridized carbons (Fsp3) is 0.444. The lowest BCUT2D eigenvalue weighted by atomic mass is 10.0. The van der Waals surface area contributed by atoms with E-state index in [1.165, 1.54) is 0 Å². The first-order valence-corrected chi connectivity index (χ1v) is 3.95. The molecule has 0 aromatic rings. The Morgan fingerprint density at radius 2 is 2.33 bits per heavy atom. The predicted octanol–water partition coefficient (Wildman–Crippen LogP) is 0.506. The van der Waals surface area contributed by atoms with Gasteiger partial charge in [0.15, 0.2) is 0 Å². The summed E-state index contributed by atoms with van der Waals surface area (Å²) in [5, 5.41) is 2.64. The highest BCUT2D eigenvalue weighted by atomic mass is 16.2. The van der Waals surface area contributed by atoms with Crippen molar-refractivity contribution < 1.29 is 4.79 Å². The molecule has 1 unspecified atom stereocenters. The maximum absolute atomic E-state index is 11.4. The van der Waals surface area contributed by atoms with Crippen LogP contribution in [0.3, 0.4) is 0 Å². The molecule has 0 fully saturated rings. The Balaban J connectivity index is 2.82. The molecule has 0 saturated carbocycles. The number of likely N-dealkylation sites (N-methyl/N-ethyl adjacent to an activating group) is 2. The van der Waals surface area contributed by atoms with Crippen molar-refractivity contribution in [3.8, 4) is 0 Å². The van der Waals surface area contributed by atoms with Gasteiger partial charge in [0.25, 0.3) is 0 Å². The summed E-state index contributed by atoms with van der Waals surface area (Å²) in [4.78, 5) is 13.3. The first kappa shape index (κ1) is 8.84. The van der Waals surface area contributed by atoms with Gasteiger partial charge in [0.2, 0.25) is 5.91 Å². The largest absolute Gasteiger partial charge is 0.365 e. The first-order chi connectivity index (χ1) is 5.66. The van der Waals surface area contributed by atoms with Gasteiger partial charge < -0.3 is 10.2 Å². The van der Waals surface area contributed by atoms with E-state index in [4.69, 9.17) is 0 Å². The minimum absolute atomic E-state index is 0.0376. The van der Waals surface area contributed by atoms with Crippen molar-refractivity contribution in [2.45, 2.75) is 13.0 Å². The van der Waals surface area contributed by atoms with Crippen LogP contribution in [0, 0.1) is 0 Å². The molecule has 3 heteroatoms. The molecule has 0 aromatic carbocycles. The minimum Gasteiger partial charge on any atom is -0.365 e. The van der Waals surface area contributed by atoms with E-state index >= 15 is 0 Å². The molecule has 1 atom stereocenters. The Labute approximate surface area is 72.7 Å². The fourth-order valence-corrected chi connectivity index (χ4v) is 1.36. The topological polar surface area (TPSA) is 32.3 Å². The van der Waals surface area contributed by atoms with Gasteiger partial charge in [0.1, 0.15) is 6.04 Å². The molecule has 1 aliphatic rings. The quantitative estimate of drug-likeness (QED) is 0.615. The van der Waals surface area contributed by atoms with E-state index in [0.29, 0.717) is 0 Å². The number of carbonyl (C=O) groups excluding carboxylic acids is 1. The normalized spacial score (nSPS) is 22.1. The fourth-order valence-electron chi connectivity index (χ4n) is 1.36. The molecule has 1 rings (SSSR count). The number of allylic oxidation sites excluding steroid dienone is 2. The van der Waals surface area contributed by atoms with Gasteiger partial charge in [-0.25, -0.2) is 0 Å². The van der Waals surface area contributed by atoms with Crippen LogP contribution in [0.15, 0.2) is 23.9 Å². The maximum atomic E-state index is 11.4. The third kappa shape index (κ3) is 1.49. The van der Waals surface area contributed by atoms with Crippen molar-refractivity contribution in [1.82, 2.24) is 10.2 Å². The van der Waals surface area contributed by atoms with Crippen LogP contribution in [-0.4, -0.2) is 30.9 Å². The molecule has 1 aliphatic heterocycles. The second kappa shape index (κ2) is 3.43. The molecule has 0 saturated heterocycles. The predicted molar refractivity (Wildman–Crippen MR) is 48.5 cm³/mol. The van der Waals surface area contributed by atoms with Crippen LogP contribution < -0.4 is 5.32 Å². The highest BCUT2D eigenvalue weighted by molar-refractivity contribution is 5.85. The number of carbonyl (C=O) groups is 1. The van der Waals surface area contributed by atoms with E-state index < -0.39 is 0 Å². The average molecular weight is 166 g/mol. The van der Waals surface area contributed by atoms with Crippen LogP contribution in [-0.2, 0) is 4.79 Å². The van der Waals surface area contributed by atoms with Gasteiger partial charge in [0, 0.05) is 14.1 Å². The van der Waals surface area contributed by atoms with Crippen LogP contribution in [0.2, 0.25) is 0 Å². The van der Waals surface area contributed by atoms with Crippen LogP contribution in [0.4, 0.5) is 0 Å². The summed E-state index contributed by atoms with van der Waals surface area (Å²) in [6, 6.07) is -0.139. The van der Waals surface area contributed by atoms with Gasteiger partial charge in [-0.05, 0) is 24.8 Å². The van der Waals surface area contributed by atoms with Crippen molar-refractivity contribution in [3.63, 3.8) is 0 Å². The van der Waals surface area contributed by atoms with Gasteiger partial charge in [-0.3, -0.25) is 4.79 Å².